The molecule has 1 rings (SSSR count). The van der Waals surface area contributed by atoms with Gasteiger partial charge in [0.25, 0.3) is 0 Å². The maximum Gasteiger partial charge on any atom is 0.230 e. The van der Waals surface area contributed by atoms with Crippen molar-refractivity contribution in [1.29, 1.82) is 0 Å². The van der Waals surface area contributed by atoms with Crippen LogP contribution in [0.5, 0.6) is 0 Å². The molecule has 0 radical (unpaired) electrons. The highest BCUT2D eigenvalue weighted by Crippen LogP contribution is 2.22. The first kappa shape index (κ1) is 16.1. The molecule has 0 aromatic carbocycles. The van der Waals surface area contributed by atoms with Crippen LogP contribution >= 0.6 is 24.2 Å². The van der Waals surface area contributed by atoms with Gasteiger partial charge in [0.2, 0.25) is 5.91 Å². The van der Waals surface area contributed by atoms with Crippen LogP contribution in [0.1, 0.15) is 33.6 Å². The Balaban J connectivity index is 0.00000225. The Labute approximate surface area is 109 Å². The minimum Gasteiger partial charge on any atom is -0.353 e. The van der Waals surface area contributed by atoms with E-state index in [0.717, 1.165) is 25.9 Å². The van der Waals surface area contributed by atoms with E-state index in [4.69, 9.17) is 0 Å². The highest BCUT2D eigenvalue weighted by Gasteiger charge is 2.17. The van der Waals surface area contributed by atoms with Crippen LogP contribution < -0.4 is 10.6 Å². The van der Waals surface area contributed by atoms with Gasteiger partial charge in [-0.2, -0.15) is 0 Å². The standard InChI is InChI=1S/C11H22N2OS.ClH/c1-11(2,3)15-8-10(14)13-9-4-6-12-7-5-9;/h9,12H,4-8H2,1-3H3,(H,13,14);1H. The van der Waals surface area contributed by atoms with Crippen molar-refractivity contribution in [3.05, 3.63) is 0 Å². The molecule has 1 amide bonds. The average Bonchev–Trinajstić information content (AvgIpc) is 2.15. The van der Waals surface area contributed by atoms with Crippen molar-refractivity contribution in [2.75, 3.05) is 18.8 Å². The fourth-order valence-corrected chi connectivity index (χ4v) is 2.17. The number of piperidine rings is 1. The van der Waals surface area contributed by atoms with Crippen LogP contribution in [-0.4, -0.2) is 35.5 Å². The summed E-state index contributed by atoms with van der Waals surface area (Å²) in [7, 11) is 0. The second-order valence-electron chi connectivity index (χ2n) is 4.99. The molecule has 1 saturated heterocycles. The lowest BCUT2D eigenvalue weighted by atomic mass is 10.1. The number of halogens is 1. The molecule has 0 aliphatic carbocycles. The number of nitrogens with one attached hydrogen (secondary N) is 2. The SMILES string of the molecule is CC(C)(C)SCC(=O)NC1CCNCC1.Cl. The quantitative estimate of drug-likeness (QED) is 0.819. The van der Waals surface area contributed by atoms with Crippen molar-refractivity contribution >= 4 is 30.1 Å². The Morgan fingerprint density at radius 2 is 1.94 bits per heavy atom. The van der Waals surface area contributed by atoms with Crippen LogP contribution in [0, 0.1) is 0 Å². The zero-order chi connectivity index (χ0) is 11.3. The van der Waals surface area contributed by atoms with Crippen molar-refractivity contribution < 1.29 is 4.79 Å². The number of amides is 1. The molecule has 0 atom stereocenters. The minimum atomic E-state index is 0. The molecule has 1 fully saturated rings. The molecule has 3 nitrogen and oxygen atoms in total. The van der Waals surface area contributed by atoms with E-state index in [1.165, 1.54) is 0 Å². The van der Waals surface area contributed by atoms with Crippen molar-refractivity contribution in [2.45, 2.75) is 44.4 Å². The molecule has 0 saturated carbocycles. The van der Waals surface area contributed by atoms with Crippen LogP contribution in [0.2, 0.25) is 0 Å². The molecule has 1 aliphatic rings. The smallest absolute Gasteiger partial charge is 0.230 e. The van der Waals surface area contributed by atoms with Crippen molar-refractivity contribution in [1.82, 2.24) is 10.6 Å². The van der Waals surface area contributed by atoms with E-state index in [2.05, 4.69) is 31.4 Å². The first-order chi connectivity index (χ1) is 6.97. The Hall–Kier alpha value is 0.0700. The molecule has 1 aliphatic heterocycles. The summed E-state index contributed by atoms with van der Waals surface area (Å²) >= 11 is 1.70. The molecule has 2 N–H and O–H groups in total. The normalized spacial score (nSPS) is 17.7. The molecular weight excluding hydrogens is 244 g/mol. The molecule has 0 unspecified atom stereocenters. The van der Waals surface area contributed by atoms with E-state index in [9.17, 15) is 4.79 Å². The van der Waals surface area contributed by atoms with Gasteiger partial charge in [0.05, 0.1) is 5.75 Å². The number of rotatable bonds is 3. The van der Waals surface area contributed by atoms with Crippen molar-refractivity contribution in [2.24, 2.45) is 0 Å². The van der Waals surface area contributed by atoms with E-state index in [1.807, 2.05) is 0 Å². The maximum absolute atomic E-state index is 11.6. The summed E-state index contributed by atoms with van der Waals surface area (Å²) in [5, 5.41) is 6.38. The zero-order valence-electron chi connectivity index (χ0n) is 10.3. The summed E-state index contributed by atoms with van der Waals surface area (Å²) in [6.07, 6.45) is 2.12. The van der Waals surface area contributed by atoms with E-state index in [1.54, 1.807) is 11.8 Å². The lowest BCUT2D eigenvalue weighted by Crippen LogP contribution is -2.43. The summed E-state index contributed by atoms with van der Waals surface area (Å²) in [6, 6.07) is 0.388. The van der Waals surface area contributed by atoms with Crippen LogP contribution in [0.4, 0.5) is 0 Å². The molecule has 5 heteroatoms. The van der Waals surface area contributed by atoms with E-state index in [-0.39, 0.29) is 23.1 Å². The highest BCUT2D eigenvalue weighted by molar-refractivity contribution is 8.01. The van der Waals surface area contributed by atoms with Crippen LogP contribution in [0.3, 0.4) is 0 Å². The molecule has 0 spiro atoms. The van der Waals surface area contributed by atoms with Crippen LogP contribution in [0.15, 0.2) is 0 Å². The van der Waals surface area contributed by atoms with Gasteiger partial charge in [-0.05, 0) is 25.9 Å². The predicted molar refractivity (Wildman–Crippen MR) is 73.5 cm³/mol. The largest absolute Gasteiger partial charge is 0.353 e. The summed E-state index contributed by atoms with van der Waals surface area (Å²) < 4.78 is 0.172. The number of hydrogen-bond acceptors (Lipinski definition) is 3. The third-order valence-corrected chi connectivity index (χ3v) is 3.61. The zero-order valence-corrected chi connectivity index (χ0v) is 12.0. The second kappa shape index (κ2) is 7.41. The maximum atomic E-state index is 11.6. The third kappa shape index (κ3) is 7.36. The van der Waals surface area contributed by atoms with Gasteiger partial charge in [0, 0.05) is 10.8 Å². The Morgan fingerprint density at radius 1 is 1.38 bits per heavy atom. The van der Waals surface area contributed by atoms with E-state index >= 15 is 0 Å². The number of hydrogen-bond donors (Lipinski definition) is 2. The monoisotopic (exact) mass is 266 g/mol. The predicted octanol–water partition coefficient (Wildman–Crippen LogP) is 1.81. The van der Waals surface area contributed by atoms with Crippen LogP contribution in [-0.2, 0) is 4.79 Å². The fourth-order valence-electron chi connectivity index (χ4n) is 1.52. The first-order valence-corrected chi connectivity index (χ1v) is 6.60. The lowest BCUT2D eigenvalue weighted by Gasteiger charge is -2.24. The summed E-state index contributed by atoms with van der Waals surface area (Å²) in [4.78, 5) is 11.6. The second-order valence-corrected chi connectivity index (χ2v) is 6.79. The van der Waals surface area contributed by atoms with Gasteiger partial charge in [0.15, 0.2) is 0 Å². The molecule has 0 aromatic rings. The molecule has 96 valence electrons. The summed E-state index contributed by atoms with van der Waals surface area (Å²) in [6.45, 7) is 8.45. The molecule has 0 aromatic heterocycles. The van der Waals surface area contributed by atoms with E-state index < -0.39 is 0 Å². The van der Waals surface area contributed by atoms with Crippen molar-refractivity contribution in [3.63, 3.8) is 0 Å². The Bertz CT molecular complexity index is 213. The Kier molecular flexibility index (Phi) is 7.44. The van der Waals surface area contributed by atoms with Gasteiger partial charge in [-0.15, -0.1) is 24.2 Å². The lowest BCUT2D eigenvalue weighted by molar-refractivity contribution is -0.119. The Morgan fingerprint density at radius 3 is 2.44 bits per heavy atom. The topological polar surface area (TPSA) is 41.1 Å². The molecule has 1 heterocycles. The first-order valence-electron chi connectivity index (χ1n) is 5.61. The van der Waals surface area contributed by atoms with Gasteiger partial charge >= 0.3 is 0 Å². The molecule has 16 heavy (non-hydrogen) atoms. The third-order valence-electron chi connectivity index (χ3n) is 2.34. The highest BCUT2D eigenvalue weighted by atomic mass is 35.5. The fraction of sp³-hybridized carbons (Fsp3) is 0.909. The van der Waals surface area contributed by atoms with Gasteiger partial charge < -0.3 is 10.6 Å². The summed E-state index contributed by atoms with van der Waals surface area (Å²) in [5.74, 6) is 0.759. The van der Waals surface area contributed by atoms with Crippen LogP contribution in [0.25, 0.3) is 0 Å². The van der Waals surface area contributed by atoms with Gasteiger partial charge in [-0.25, -0.2) is 0 Å². The number of carbonyl (C=O) groups excluding carboxylic acids is 1. The number of carbonyl (C=O) groups is 1. The van der Waals surface area contributed by atoms with Crippen molar-refractivity contribution in [3.8, 4) is 0 Å². The minimum absolute atomic E-state index is 0. The molecular formula is C11H23ClN2OS. The molecule has 0 bridgehead atoms. The van der Waals surface area contributed by atoms with Gasteiger partial charge in [0.1, 0.15) is 0 Å². The summed E-state index contributed by atoms with van der Waals surface area (Å²) in [5.41, 5.74) is 0. The van der Waals surface area contributed by atoms with E-state index in [0.29, 0.717) is 11.8 Å². The number of thioether (sulfide) groups is 1. The van der Waals surface area contributed by atoms with Gasteiger partial charge in [-0.3, -0.25) is 4.79 Å². The average molecular weight is 267 g/mol. The van der Waals surface area contributed by atoms with Gasteiger partial charge in [-0.1, -0.05) is 20.8 Å².